The van der Waals surface area contributed by atoms with Crippen molar-refractivity contribution in [3.05, 3.63) is 24.4 Å². The molecule has 2 unspecified atom stereocenters. The lowest BCUT2D eigenvalue weighted by Gasteiger charge is -2.30. The maximum atomic E-state index is 4.10. The zero-order chi connectivity index (χ0) is 11.7. The van der Waals surface area contributed by atoms with Crippen LogP contribution in [0.1, 0.15) is 19.8 Å². The molecule has 0 aliphatic carbocycles. The first-order valence-corrected chi connectivity index (χ1v) is 7.20. The summed E-state index contributed by atoms with van der Waals surface area (Å²) in [6.45, 7) is 2.32. The number of aromatic nitrogens is 2. The van der Waals surface area contributed by atoms with E-state index >= 15 is 0 Å². The van der Waals surface area contributed by atoms with Crippen molar-refractivity contribution >= 4 is 28.4 Å². The number of nitrogens with zero attached hydrogens (tertiary/aromatic N) is 1. The third-order valence-corrected chi connectivity index (χ3v) is 4.81. The number of anilines is 1. The van der Waals surface area contributed by atoms with E-state index in [9.17, 15) is 0 Å². The molecule has 0 saturated carbocycles. The number of benzene rings is 1. The highest BCUT2D eigenvalue weighted by atomic mass is 32.2. The van der Waals surface area contributed by atoms with Gasteiger partial charge in [0.25, 0.3) is 0 Å². The molecule has 1 saturated heterocycles. The fourth-order valence-corrected chi connectivity index (χ4v) is 3.55. The zero-order valence-corrected chi connectivity index (χ0v) is 10.8. The third kappa shape index (κ3) is 2.14. The largest absolute Gasteiger partial charge is 0.381 e. The summed E-state index contributed by atoms with van der Waals surface area (Å²) in [7, 11) is 0. The second-order valence-electron chi connectivity index (χ2n) is 4.61. The number of hydrogen-bond donors (Lipinski definition) is 2. The fourth-order valence-electron chi connectivity index (χ4n) is 2.41. The summed E-state index contributed by atoms with van der Waals surface area (Å²) >= 11 is 2.07. The quantitative estimate of drug-likeness (QED) is 0.855. The minimum Gasteiger partial charge on any atom is -0.381 e. The standard InChI is InChI=1S/C13H17N3S/c1-9-11(6-3-7-17-9)15-12-4-2-5-13-10(12)8-14-16-13/h2,4-5,8-9,11,15H,3,6-7H2,1H3,(H,14,16). The summed E-state index contributed by atoms with van der Waals surface area (Å²) in [4.78, 5) is 0. The SMILES string of the molecule is CC1SCCCC1Nc1cccc2[nH]ncc12. The Hall–Kier alpha value is -1.16. The summed E-state index contributed by atoms with van der Waals surface area (Å²) < 4.78 is 0. The monoisotopic (exact) mass is 247 g/mol. The first-order valence-electron chi connectivity index (χ1n) is 6.15. The third-order valence-electron chi connectivity index (χ3n) is 3.43. The van der Waals surface area contributed by atoms with Crippen molar-refractivity contribution in [1.82, 2.24) is 10.2 Å². The van der Waals surface area contributed by atoms with Crippen LogP contribution in [-0.2, 0) is 0 Å². The molecule has 1 aliphatic heterocycles. The fraction of sp³-hybridized carbons (Fsp3) is 0.462. The van der Waals surface area contributed by atoms with Crippen LogP contribution in [0.15, 0.2) is 24.4 Å². The van der Waals surface area contributed by atoms with Crippen molar-refractivity contribution < 1.29 is 0 Å². The van der Waals surface area contributed by atoms with Crippen LogP contribution in [0, 0.1) is 0 Å². The number of thioether (sulfide) groups is 1. The van der Waals surface area contributed by atoms with Crippen molar-refractivity contribution in [2.45, 2.75) is 31.1 Å². The van der Waals surface area contributed by atoms with E-state index in [1.54, 1.807) is 0 Å². The van der Waals surface area contributed by atoms with Crippen LogP contribution in [0.4, 0.5) is 5.69 Å². The molecular formula is C13H17N3S. The van der Waals surface area contributed by atoms with Crippen LogP contribution in [0.25, 0.3) is 10.9 Å². The minimum atomic E-state index is 0.578. The molecule has 1 aliphatic rings. The van der Waals surface area contributed by atoms with Gasteiger partial charge in [0.15, 0.2) is 0 Å². The van der Waals surface area contributed by atoms with E-state index < -0.39 is 0 Å². The molecule has 1 aromatic carbocycles. The Morgan fingerprint density at radius 2 is 2.41 bits per heavy atom. The molecule has 1 aromatic heterocycles. The number of fused-ring (bicyclic) bond motifs is 1. The van der Waals surface area contributed by atoms with Gasteiger partial charge in [0, 0.05) is 22.4 Å². The summed E-state index contributed by atoms with van der Waals surface area (Å²) in [6.07, 6.45) is 4.48. The molecular weight excluding hydrogens is 230 g/mol. The molecule has 3 rings (SSSR count). The summed E-state index contributed by atoms with van der Waals surface area (Å²) in [6, 6.07) is 6.86. The van der Waals surface area contributed by atoms with Gasteiger partial charge in [0.1, 0.15) is 0 Å². The van der Waals surface area contributed by atoms with Crippen molar-refractivity contribution in [2.24, 2.45) is 0 Å². The van der Waals surface area contributed by atoms with E-state index in [2.05, 4.69) is 52.4 Å². The predicted octanol–water partition coefficient (Wildman–Crippen LogP) is 3.26. The molecule has 2 N–H and O–H groups in total. The van der Waals surface area contributed by atoms with Gasteiger partial charge >= 0.3 is 0 Å². The van der Waals surface area contributed by atoms with Gasteiger partial charge in [0.05, 0.1) is 11.7 Å². The molecule has 2 aromatic rings. The average molecular weight is 247 g/mol. The summed E-state index contributed by atoms with van der Waals surface area (Å²) in [5.41, 5.74) is 2.31. The van der Waals surface area contributed by atoms with E-state index in [-0.39, 0.29) is 0 Å². The Morgan fingerprint density at radius 1 is 1.47 bits per heavy atom. The molecule has 17 heavy (non-hydrogen) atoms. The normalized spacial score (nSPS) is 25.0. The van der Waals surface area contributed by atoms with E-state index in [1.807, 2.05) is 6.20 Å². The van der Waals surface area contributed by atoms with Gasteiger partial charge in [-0.15, -0.1) is 0 Å². The number of nitrogens with one attached hydrogen (secondary N) is 2. The molecule has 0 amide bonds. The lowest BCUT2D eigenvalue weighted by atomic mass is 10.1. The van der Waals surface area contributed by atoms with Crippen LogP contribution in [0.2, 0.25) is 0 Å². The predicted molar refractivity (Wildman–Crippen MR) is 74.7 cm³/mol. The maximum Gasteiger partial charge on any atom is 0.0671 e. The maximum absolute atomic E-state index is 4.10. The van der Waals surface area contributed by atoms with Gasteiger partial charge in [-0.3, -0.25) is 5.10 Å². The molecule has 2 atom stereocenters. The van der Waals surface area contributed by atoms with E-state index in [0.29, 0.717) is 11.3 Å². The highest BCUT2D eigenvalue weighted by molar-refractivity contribution is 8.00. The second-order valence-corrected chi connectivity index (χ2v) is 6.09. The number of aromatic amines is 1. The molecule has 0 spiro atoms. The molecule has 0 radical (unpaired) electrons. The Kier molecular flexibility index (Phi) is 2.97. The molecule has 1 fully saturated rings. The van der Waals surface area contributed by atoms with Crippen LogP contribution in [0.5, 0.6) is 0 Å². The smallest absolute Gasteiger partial charge is 0.0671 e. The van der Waals surface area contributed by atoms with Crippen LogP contribution >= 0.6 is 11.8 Å². The zero-order valence-electron chi connectivity index (χ0n) is 9.94. The Labute approximate surface area is 105 Å². The van der Waals surface area contributed by atoms with E-state index in [0.717, 1.165) is 5.52 Å². The van der Waals surface area contributed by atoms with Gasteiger partial charge < -0.3 is 5.32 Å². The van der Waals surface area contributed by atoms with Crippen LogP contribution < -0.4 is 5.32 Å². The number of hydrogen-bond acceptors (Lipinski definition) is 3. The molecule has 3 nitrogen and oxygen atoms in total. The highest BCUT2D eigenvalue weighted by Crippen LogP contribution is 2.29. The first kappa shape index (κ1) is 11.0. The molecule has 4 heteroatoms. The molecule has 90 valence electrons. The van der Waals surface area contributed by atoms with Crippen molar-refractivity contribution in [3.63, 3.8) is 0 Å². The van der Waals surface area contributed by atoms with Crippen LogP contribution in [0.3, 0.4) is 0 Å². The van der Waals surface area contributed by atoms with Gasteiger partial charge in [-0.05, 0) is 30.7 Å². The Bertz CT molecular complexity index is 508. The van der Waals surface area contributed by atoms with Gasteiger partial charge in [-0.25, -0.2) is 0 Å². The molecule has 0 bridgehead atoms. The van der Waals surface area contributed by atoms with Gasteiger partial charge in [0.2, 0.25) is 0 Å². The van der Waals surface area contributed by atoms with E-state index in [4.69, 9.17) is 0 Å². The Morgan fingerprint density at radius 3 is 3.29 bits per heavy atom. The Balaban J connectivity index is 1.86. The second kappa shape index (κ2) is 4.61. The summed E-state index contributed by atoms with van der Waals surface area (Å²) in [5, 5.41) is 12.7. The number of H-pyrrole nitrogens is 1. The van der Waals surface area contributed by atoms with Gasteiger partial charge in [-0.1, -0.05) is 13.0 Å². The van der Waals surface area contributed by atoms with Crippen molar-refractivity contribution in [2.75, 3.05) is 11.1 Å². The van der Waals surface area contributed by atoms with Crippen LogP contribution in [-0.4, -0.2) is 27.2 Å². The summed E-state index contributed by atoms with van der Waals surface area (Å²) in [5.74, 6) is 1.30. The lowest BCUT2D eigenvalue weighted by Crippen LogP contribution is -2.32. The van der Waals surface area contributed by atoms with Crippen molar-refractivity contribution in [3.8, 4) is 0 Å². The number of rotatable bonds is 2. The first-order chi connectivity index (χ1) is 8.34. The average Bonchev–Trinajstić information content (AvgIpc) is 2.81. The van der Waals surface area contributed by atoms with Crippen molar-refractivity contribution in [1.29, 1.82) is 0 Å². The highest BCUT2D eigenvalue weighted by Gasteiger charge is 2.21. The van der Waals surface area contributed by atoms with Gasteiger partial charge in [-0.2, -0.15) is 16.9 Å². The molecule has 2 heterocycles. The lowest BCUT2D eigenvalue weighted by molar-refractivity contribution is 0.618. The minimum absolute atomic E-state index is 0.578. The topological polar surface area (TPSA) is 40.7 Å². The van der Waals surface area contributed by atoms with E-state index in [1.165, 1.54) is 29.7 Å².